The summed E-state index contributed by atoms with van der Waals surface area (Å²) in [5, 5.41) is 7.38. The first-order valence-electron chi connectivity index (χ1n) is 13.1. The SMILES string of the molecule is CN[C@H](C(=O)N[C@H](C(=O)N(C)[C@H](/C=C(\C)C(C)=O)C(C)C)C(C)C)C(C)(C)c1cn(C)c2ccccc12. The Bertz CT molecular complexity index is 1160. The Morgan fingerprint density at radius 1 is 1.03 bits per heavy atom. The summed E-state index contributed by atoms with van der Waals surface area (Å²) < 4.78 is 2.08. The number of aromatic nitrogens is 1. The summed E-state index contributed by atoms with van der Waals surface area (Å²) in [6.45, 7) is 15.3. The van der Waals surface area contributed by atoms with Crippen LogP contribution in [0.1, 0.15) is 61.0 Å². The Kier molecular flexibility index (Phi) is 9.89. The summed E-state index contributed by atoms with van der Waals surface area (Å²) in [6, 6.07) is 6.63. The number of hydrogen-bond donors (Lipinski definition) is 2. The number of para-hydroxylation sites is 1. The number of amides is 2. The molecule has 0 spiro atoms. The minimum absolute atomic E-state index is 0.0206. The van der Waals surface area contributed by atoms with E-state index in [0.717, 1.165) is 16.5 Å². The lowest BCUT2D eigenvalue weighted by Gasteiger charge is -2.37. The lowest BCUT2D eigenvalue weighted by molar-refractivity contribution is -0.139. The maximum atomic E-state index is 13.7. The molecule has 1 aromatic heterocycles. The fourth-order valence-corrected chi connectivity index (χ4v) is 5.07. The van der Waals surface area contributed by atoms with Crippen molar-refractivity contribution in [1.29, 1.82) is 0 Å². The zero-order chi connectivity index (χ0) is 28.2. The maximum Gasteiger partial charge on any atom is 0.245 e. The van der Waals surface area contributed by atoms with Crippen LogP contribution < -0.4 is 10.6 Å². The van der Waals surface area contributed by atoms with E-state index in [1.165, 1.54) is 6.92 Å². The highest BCUT2D eigenvalue weighted by Gasteiger charge is 2.40. The van der Waals surface area contributed by atoms with E-state index in [-0.39, 0.29) is 35.5 Å². The van der Waals surface area contributed by atoms with Crippen molar-refractivity contribution >= 4 is 28.5 Å². The smallest absolute Gasteiger partial charge is 0.245 e. The Balaban J connectivity index is 2.37. The van der Waals surface area contributed by atoms with Crippen LogP contribution in [0.4, 0.5) is 0 Å². The summed E-state index contributed by atoms with van der Waals surface area (Å²) in [4.78, 5) is 40.9. The second kappa shape index (κ2) is 12.1. The fourth-order valence-electron chi connectivity index (χ4n) is 5.07. The second-order valence-electron chi connectivity index (χ2n) is 11.4. The summed E-state index contributed by atoms with van der Waals surface area (Å²) in [6.07, 6.45) is 3.93. The van der Waals surface area contributed by atoms with Gasteiger partial charge in [0.05, 0.1) is 12.1 Å². The Labute approximate surface area is 222 Å². The van der Waals surface area contributed by atoms with Crippen molar-refractivity contribution in [2.45, 2.75) is 78.9 Å². The molecule has 0 bridgehead atoms. The molecular formula is C30H46N4O3. The van der Waals surface area contributed by atoms with Gasteiger partial charge < -0.3 is 20.1 Å². The average molecular weight is 511 g/mol. The molecule has 37 heavy (non-hydrogen) atoms. The summed E-state index contributed by atoms with van der Waals surface area (Å²) >= 11 is 0. The van der Waals surface area contributed by atoms with Crippen molar-refractivity contribution in [3.63, 3.8) is 0 Å². The van der Waals surface area contributed by atoms with Crippen LogP contribution in [0, 0.1) is 11.8 Å². The number of rotatable bonds is 11. The van der Waals surface area contributed by atoms with Crippen LogP contribution in [-0.4, -0.2) is 59.3 Å². The number of carbonyl (C=O) groups is 3. The predicted octanol–water partition coefficient (Wildman–Crippen LogP) is 4.20. The Morgan fingerprint density at radius 3 is 2.14 bits per heavy atom. The molecule has 2 aromatic rings. The molecule has 204 valence electrons. The van der Waals surface area contributed by atoms with Gasteiger partial charge in [-0.15, -0.1) is 0 Å². The number of likely N-dealkylation sites (N-methyl/N-ethyl adjacent to an activating group) is 2. The number of nitrogens with zero attached hydrogens (tertiary/aromatic N) is 2. The topological polar surface area (TPSA) is 83.4 Å². The molecule has 2 N–H and O–H groups in total. The molecule has 0 aliphatic rings. The maximum absolute atomic E-state index is 13.7. The minimum Gasteiger partial charge on any atom is -0.350 e. The molecule has 7 heteroatoms. The predicted molar refractivity (Wildman–Crippen MR) is 151 cm³/mol. The molecule has 3 atom stereocenters. The van der Waals surface area contributed by atoms with Crippen LogP contribution in [0.5, 0.6) is 0 Å². The van der Waals surface area contributed by atoms with Crippen molar-refractivity contribution in [2.24, 2.45) is 18.9 Å². The molecule has 2 amide bonds. The minimum atomic E-state index is -0.705. The molecule has 0 unspecified atom stereocenters. The van der Waals surface area contributed by atoms with E-state index in [4.69, 9.17) is 0 Å². The lowest BCUT2D eigenvalue weighted by atomic mass is 9.77. The van der Waals surface area contributed by atoms with E-state index in [0.29, 0.717) is 5.57 Å². The van der Waals surface area contributed by atoms with Crippen molar-refractivity contribution in [3.8, 4) is 0 Å². The number of Topliss-reactive ketones (excluding diaryl/α,β-unsaturated/α-hetero) is 1. The van der Waals surface area contributed by atoms with E-state index in [9.17, 15) is 14.4 Å². The van der Waals surface area contributed by atoms with E-state index in [1.54, 1.807) is 25.9 Å². The van der Waals surface area contributed by atoms with Crippen molar-refractivity contribution in [3.05, 3.63) is 47.7 Å². The van der Waals surface area contributed by atoms with Gasteiger partial charge in [-0.05, 0) is 49.9 Å². The summed E-state index contributed by atoms with van der Waals surface area (Å²) in [5.74, 6) is -0.442. The van der Waals surface area contributed by atoms with Crippen molar-refractivity contribution in [2.75, 3.05) is 14.1 Å². The third-order valence-electron chi connectivity index (χ3n) is 7.55. The summed E-state index contributed by atoms with van der Waals surface area (Å²) in [7, 11) is 5.53. The molecule has 0 saturated carbocycles. The van der Waals surface area contributed by atoms with Crippen LogP contribution >= 0.6 is 0 Å². The second-order valence-corrected chi connectivity index (χ2v) is 11.4. The van der Waals surface area contributed by atoms with Crippen LogP contribution in [0.3, 0.4) is 0 Å². The highest BCUT2D eigenvalue weighted by atomic mass is 16.2. The quantitative estimate of drug-likeness (QED) is 0.444. The van der Waals surface area contributed by atoms with Gasteiger partial charge in [0.25, 0.3) is 0 Å². The first-order chi connectivity index (χ1) is 17.1. The Morgan fingerprint density at radius 2 is 1.62 bits per heavy atom. The third kappa shape index (κ3) is 6.50. The van der Waals surface area contributed by atoms with E-state index < -0.39 is 17.5 Å². The van der Waals surface area contributed by atoms with Gasteiger partial charge in [0.15, 0.2) is 5.78 Å². The molecule has 2 rings (SSSR count). The van der Waals surface area contributed by atoms with Crippen LogP contribution in [0.2, 0.25) is 0 Å². The van der Waals surface area contributed by atoms with Gasteiger partial charge >= 0.3 is 0 Å². The highest BCUT2D eigenvalue weighted by molar-refractivity contribution is 5.94. The third-order valence-corrected chi connectivity index (χ3v) is 7.55. The van der Waals surface area contributed by atoms with Crippen molar-refractivity contribution in [1.82, 2.24) is 20.1 Å². The van der Waals surface area contributed by atoms with Gasteiger partial charge in [0.2, 0.25) is 11.8 Å². The van der Waals surface area contributed by atoms with Gasteiger partial charge in [-0.1, -0.05) is 65.8 Å². The largest absolute Gasteiger partial charge is 0.350 e. The molecule has 0 radical (unpaired) electrons. The normalized spacial score (nSPS) is 15.1. The van der Waals surface area contributed by atoms with Crippen LogP contribution in [-0.2, 0) is 26.8 Å². The fraction of sp³-hybridized carbons (Fsp3) is 0.567. The highest BCUT2D eigenvalue weighted by Crippen LogP contribution is 2.34. The van der Waals surface area contributed by atoms with Crippen molar-refractivity contribution < 1.29 is 14.4 Å². The number of hydrogen-bond acceptors (Lipinski definition) is 4. The number of benzene rings is 1. The molecule has 1 heterocycles. The molecular weight excluding hydrogens is 464 g/mol. The lowest BCUT2D eigenvalue weighted by Crippen LogP contribution is -2.59. The standard InChI is InChI=1S/C30H46N4O3/c1-18(2)25(16-20(5)21(6)35)34(11)29(37)26(19(3)4)32-28(36)27(31-9)30(7,8)23-17-33(10)24-15-13-12-14-22(23)24/h12-19,25-27,31H,1-11H3,(H,32,36)/b20-16+/t25-,26+,27-/m1/s1. The summed E-state index contributed by atoms with van der Waals surface area (Å²) in [5.41, 5.74) is 2.23. The van der Waals surface area contributed by atoms with E-state index in [2.05, 4.69) is 47.4 Å². The van der Waals surface area contributed by atoms with Gasteiger partial charge in [0.1, 0.15) is 6.04 Å². The molecule has 0 aliphatic carbocycles. The number of allylic oxidation sites excluding steroid dienone is 1. The molecule has 7 nitrogen and oxygen atoms in total. The molecule has 0 saturated heterocycles. The van der Waals surface area contributed by atoms with E-state index in [1.807, 2.05) is 53.0 Å². The number of carbonyl (C=O) groups excluding carboxylic acids is 3. The van der Waals surface area contributed by atoms with Gasteiger partial charge in [0, 0.05) is 36.6 Å². The average Bonchev–Trinajstić information content (AvgIpc) is 3.17. The van der Waals surface area contributed by atoms with Gasteiger partial charge in [-0.3, -0.25) is 14.4 Å². The number of ketones is 1. The first kappa shape index (κ1) is 30.3. The number of fused-ring (bicyclic) bond motifs is 1. The number of nitrogens with one attached hydrogen (secondary N) is 2. The van der Waals surface area contributed by atoms with Crippen LogP contribution in [0.25, 0.3) is 10.9 Å². The molecule has 0 aliphatic heterocycles. The van der Waals surface area contributed by atoms with Crippen LogP contribution in [0.15, 0.2) is 42.1 Å². The zero-order valence-corrected chi connectivity index (χ0v) is 24.5. The zero-order valence-electron chi connectivity index (χ0n) is 24.5. The molecule has 0 fully saturated rings. The number of aryl methyl sites for hydroxylation is 1. The van der Waals surface area contributed by atoms with Gasteiger partial charge in [-0.25, -0.2) is 0 Å². The monoisotopic (exact) mass is 510 g/mol. The van der Waals surface area contributed by atoms with E-state index >= 15 is 0 Å². The van der Waals surface area contributed by atoms with Gasteiger partial charge in [-0.2, -0.15) is 0 Å². The molecule has 1 aromatic carbocycles. The Hall–Kier alpha value is -2.93. The first-order valence-corrected chi connectivity index (χ1v) is 13.1.